The Kier molecular flexibility index (Phi) is 6.91. The Morgan fingerprint density at radius 2 is 1.88 bits per heavy atom. The molecule has 2 aromatic carbocycles. The second kappa shape index (κ2) is 10.2. The van der Waals surface area contributed by atoms with Crippen molar-refractivity contribution in [2.75, 3.05) is 34.4 Å². The van der Waals surface area contributed by atoms with Crippen LogP contribution in [0.4, 0.5) is 21.9 Å². The van der Waals surface area contributed by atoms with Gasteiger partial charge in [0, 0.05) is 24.2 Å². The second-order valence-corrected chi connectivity index (χ2v) is 8.19. The highest BCUT2D eigenvalue weighted by Crippen LogP contribution is 2.32. The lowest BCUT2D eigenvalue weighted by Crippen LogP contribution is -2.38. The van der Waals surface area contributed by atoms with Crippen LogP contribution in [0.1, 0.15) is 12.5 Å². The normalized spacial score (nSPS) is 12.6. The van der Waals surface area contributed by atoms with Crippen LogP contribution < -0.4 is 20.3 Å². The molecule has 2 heterocycles. The zero-order chi connectivity index (χ0) is 22.3. The predicted octanol–water partition coefficient (Wildman–Crippen LogP) is 4.81. The average Bonchev–Trinajstić information content (AvgIpc) is 2.81. The number of nitrogens with one attached hydrogen (secondary N) is 2. The van der Waals surface area contributed by atoms with Crippen LogP contribution in [0.5, 0.6) is 5.75 Å². The number of para-hydroxylation sites is 2. The molecule has 3 amide bonds. The van der Waals surface area contributed by atoms with Gasteiger partial charge >= 0.3 is 6.03 Å². The summed E-state index contributed by atoms with van der Waals surface area (Å²) in [7, 11) is 0. The van der Waals surface area contributed by atoms with Crippen molar-refractivity contribution in [3.8, 4) is 5.75 Å². The number of hydrogen-bond acceptors (Lipinski definition) is 5. The van der Waals surface area contributed by atoms with E-state index in [1.165, 1.54) is 0 Å². The van der Waals surface area contributed by atoms with Crippen LogP contribution in [0, 0.1) is 0 Å². The van der Waals surface area contributed by atoms with Crippen molar-refractivity contribution < 1.29 is 14.3 Å². The molecule has 0 bridgehead atoms. The van der Waals surface area contributed by atoms with Gasteiger partial charge in [-0.05, 0) is 48.9 Å². The highest BCUT2D eigenvalue weighted by Gasteiger charge is 2.23. The van der Waals surface area contributed by atoms with Gasteiger partial charge in [-0.15, -0.1) is 11.8 Å². The number of urea groups is 1. The fraction of sp³-hybridized carbons (Fsp3) is 0.208. The number of anilines is 3. The Morgan fingerprint density at radius 3 is 2.69 bits per heavy atom. The molecule has 1 aliphatic heterocycles. The molecule has 0 saturated carbocycles. The topological polar surface area (TPSA) is 83.6 Å². The number of nitrogens with zero attached hydrogens (tertiary/aromatic N) is 2. The highest BCUT2D eigenvalue weighted by molar-refractivity contribution is 7.99. The maximum absolute atomic E-state index is 12.8. The molecular weight excluding hydrogens is 424 g/mol. The van der Waals surface area contributed by atoms with Gasteiger partial charge in [-0.2, -0.15) is 0 Å². The number of thioether (sulfide) groups is 1. The predicted molar refractivity (Wildman–Crippen MR) is 128 cm³/mol. The van der Waals surface area contributed by atoms with Crippen LogP contribution >= 0.6 is 11.8 Å². The number of benzene rings is 2. The standard InChI is InChI=1S/C24H24N4O3S/c1-2-31-21-8-4-3-6-19(21)27-22(29)16-17-9-11-18(12-10-17)26-24(30)28-14-15-32-23-20(28)7-5-13-25-23/h3-13H,2,14-16H2,1H3,(H,26,30)(H,27,29). The number of carbonyl (C=O) groups is 2. The largest absolute Gasteiger partial charge is 0.492 e. The molecule has 8 heteroatoms. The Hall–Kier alpha value is -3.52. The van der Waals surface area contributed by atoms with Crippen LogP contribution in [-0.2, 0) is 11.2 Å². The number of ether oxygens (including phenoxy) is 1. The fourth-order valence-corrected chi connectivity index (χ4v) is 4.32. The molecule has 3 aromatic rings. The molecular formula is C24H24N4O3S. The Labute approximate surface area is 191 Å². The summed E-state index contributed by atoms with van der Waals surface area (Å²) in [6, 6.07) is 18.2. The molecule has 1 aromatic heterocycles. The molecule has 0 saturated heterocycles. The van der Waals surface area contributed by atoms with Crippen LogP contribution in [0.25, 0.3) is 0 Å². The summed E-state index contributed by atoms with van der Waals surface area (Å²) in [4.78, 5) is 31.3. The zero-order valence-corrected chi connectivity index (χ0v) is 18.5. The number of pyridine rings is 1. The molecule has 0 atom stereocenters. The maximum atomic E-state index is 12.8. The van der Waals surface area contributed by atoms with Crippen molar-refractivity contribution in [3.63, 3.8) is 0 Å². The number of aromatic nitrogens is 1. The number of carbonyl (C=O) groups excluding carboxylic acids is 2. The Morgan fingerprint density at radius 1 is 1.06 bits per heavy atom. The van der Waals surface area contributed by atoms with Gasteiger partial charge in [0.05, 0.1) is 24.4 Å². The second-order valence-electron chi connectivity index (χ2n) is 7.11. The minimum atomic E-state index is -0.197. The van der Waals surface area contributed by atoms with E-state index < -0.39 is 0 Å². The molecule has 2 N–H and O–H groups in total. The molecule has 32 heavy (non-hydrogen) atoms. The van der Waals surface area contributed by atoms with E-state index in [0.29, 0.717) is 30.3 Å². The monoisotopic (exact) mass is 448 g/mol. The van der Waals surface area contributed by atoms with Crippen molar-refractivity contribution in [2.24, 2.45) is 0 Å². The zero-order valence-electron chi connectivity index (χ0n) is 17.7. The highest BCUT2D eigenvalue weighted by atomic mass is 32.2. The Balaban J connectivity index is 1.36. The third-order valence-corrected chi connectivity index (χ3v) is 5.85. The number of fused-ring (bicyclic) bond motifs is 1. The van der Waals surface area contributed by atoms with Gasteiger partial charge in [0.25, 0.3) is 0 Å². The van der Waals surface area contributed by atoms with E-state index >= 15 is 0 Å². The minimum Gasteiger partial charge on any atom is -0.492 e. The summed E-state index contributed by atoms with van der Waals surface area (Å²) in [5.41, 5.74) is 2.99. The molecule has 0 fully saturated rings. The van der Waals surface area contributed by atoms with Gasteiger partial charge < -0.3 is 15.4 Å². The SMILES string of the molecule is CCOc1ccccc1NC(=O)Cc1ccc(NC(=O)N2CCSc3ncccc32)cc1. The van der Waals surface area contributed by atoms with Crippen LogP contribution in [0.15, 0.2) is 71.9 Å². The lowest BCUT2D eigenvalue weighted by Gasteiger charge is -2.28. The lowest BCUT2D eigenvalue weighted by atomic mass is 10.1. The first-order valence-electron chi connectivity index (χ1n) is 10.4. The van der Waals surface area contributed by atoms with Gasteiger partial charge in [-0.1, -0.05) is 24.3 Å². The molecule has 0 spiro atoms. The average molecular weight is 449 g/mol. The fourth-order valence-electron chi connectivity index (χ4n) is 3.39. The van der Waals surface area contributed by atoms with E-state index in [2.05, 4.69) is 15.6 Å². The lowest BCUT2D eigenvalue weighted by molar-refractivity contribution is -0.115. The van der Waals surface area contributed by atoms with Gasteiger partial charge in [0.2, 0.25) is 5.91 Å². The van der Waals surface area contributed by atoms with E-state index in [1.54, 1.807) is 35.0 Å². The van der Waals surface area contributed by atoms with Crippen LogP contribution in [-0.4, -0.2) is 35.8 Å². The molecule has 0 aliphatic carbocycles. The van der Waals surface area contributed by atoms with Crippen molar-refractivity contribution in [3.05, 3.63) is 72.4 Å². The minimum absolute atomic E-state index is 0.135. The van der Waals surface area contributed by atoms with Crippen molar-refractivity contribution in [2.45, 2.75) is 18.4 Å². The Bertz CT molecular complexity index is 1100. The number of amides is 3. The van der Waals surface area contributed by atoms with Crippen LogP contribution in [0.3, 0.4) is 0 Å². The molecule has 0 radical (unpaired) electrons. The van der Waals surface area contributed by atoms with Crippen molar-refractivity contribution in [1.29, 1.82) is 0 Å². The summed E-state index contributed by atoms with van der Waals surface area (Å²) in [5.74, 6) is 1.32. The van der Waals surface area contributed by atoms with Gasteiger partial charge in [0.1, 0.15) is 10.8 Å². The van der Waals surface area contributed by atoms with E-state index in [4.69, 9.17) is 4.74 Å². The molecule has 0 unspecified atom stereocenters. The summed E-state index contributed by atoms with van der Waals surface area (Å²) in [6.07, 6.45) is 1.95. The van der Waals surface area contributed by atoms with Gasteiger partial charge in [0.15, 0.2) is 0 Å². The van der Waals surface area contributed by atoms with Crippen molar-refractivity contribution >= 4 is 40.8 Å². The van der Waals surface area contributed by atoms with Gasteiger partial charge in [-0.25, -0.2) is 9.78 Å². The number of hydrogen-bond donors (Lipinski definition) is 2. The first kappa shape index (κ1) is 21.7. The van der Waals surface area contributed by atoms with Gasteiger partial charge in [-0.3, -0.25) is 9.69 Å². The van der Waals surface area contributed by atoms with Crippen LogP contribution in [0.2, 0.25) is 0 Å². The first-order valence-corrected chi connectivity index (χ1v) is 11.4. The summed E-state index contributed by atoms with van der Waals surface area (Å²) in [5, 5.41) is 6.68. The molecule has 1 aliphatic rings. The first-order chi connectivity index (χ1) is 15.6. The molecule has 164 valence electrons. The quantitative estimate of drug-likeness (QED) is 0.566. The van der Waals surface area contributed by atoms with Crippen molar-refractivity contribution in [1.82, 2.24) is 4.98 Å². The van der Waals surface area contributed by atoms with E-state index in [1.807, 2.05) is 55.5 Å². The third kappa shape index (κ3) is 5.20. The summed E-state index contributed by atoms with van der Waals surface area (Å²) in [6.45, 7) is 3.05. The summed E-state index contributed by atoms with van der Waals surface area (Å²) < 4.78 is 5.55. The molecule has 7 nitrogen and oxygen atoms in total. The summed E-state index contributed by atoms with van der Waals surface area (Å²) >= 11 is 1.65. The third-order valence-electron chi connectivity index (χ3n) is 4.87. The van der Waals surface area contributed by atoms with E-state index in [0.717, 1.165) is 22.0 Å². The maximum Gasteiger partial charge on any atom is 0.326 e. The molecule has 4 rings (SSSR count). The number of rotatable bonds is 6. The smallest absolute Gasteiger partial charge is 0.326 e. The van der Waals surface area contributed by atoms with E-state index in [-0.39, 0.29) is 18.4 Å². The van der Waals surface area contributed by atoms with E-state index in [9.17, 15) is 9.59 Å².